The second-order valence-corrected chi connectivity index (χ2v) is 8.22. The van der Waals surface area contributed by atoms with Crippen molar-refractivity contribution in [3.8, 4) is 0 Å². The number of hydrogen-bond acceptors (Lipinski definition) is 5. The van der Waals surface area contributed by atoms with Crippen LogP contribution in [0.3, 0.4) is 0 Å². The summed E-state index contributed by atoms with van der Waals surface area (Å²) < 4.78 is 5.99. The van der Waals surface area contributed by atoms with Crippen LogP contribution in [0, 0.1) is 12.8 Å². The molecule has 2 fully saturated rings. The molecule has 146 valence electrons. The molecule has 2 bridgehead atoms. The molecule has 2 saturated heterocycles. The topological polar surface area (TPSA) is 57.3 Å². The van der Waals surface area contributed by atoms with Crippen LogP contribution in [0.2, 0.25) is 0 Å². The Morgan fingerprint density at radius 3 is 2.82 bits per heavy atom. The lowest BCUT2D eigenvalue weighted by molar-refractivity contribution is 0.0470. The summed E-state index contributed by atoms with van der Waals surface area (Å²) in [5.41, 5.74) is 3.77. The van der Waals surface area contributed by atoms with Gasteiger partial charge in [0.1, 0.15) is 5.82 Å². The molecule has 0 spiro atoms. The Bertz CT molecular complexity index is 938. The Kier molecular flexibility index (Phi) is 4.84. The fraction of sp³-hybridized carbons (Fsp3) is 0.455. The lowest BCUT2D eigenvalue weighted by Crippen LogP contribution is -2.43. The number of fused-ring (bicyclic) bond motifs is 4. The second-order valence-electron chi connectivity index (χ2n) is 8.22. The third-order valence-corrected chi connectivity index (χ3v) is 5.90. The first kappa shape index (κ1) is 17.8. The van der Waals surface area contributed by atoms with Gasteiger partial charge in [0.15, 0.2) is 0 Å². The van der Waals surface area contributed by atoms with Gasteiger partial charge in [-0.25, -0.2) is 9.97 Å². The summed E-state index contributed by atoms with van der Waals surface area (Å²) in [5.74, 6) is 1.36. The number of nitrogens with one attached hydrogen (secondary N) is 1. The normalized spacial score (nSPS) is 23.8. The van der Waals surface area contributed by atoms with Crippen LogP contribution in [-0.4, -0.2) is 63.6 Å². The molecule has 6 heteroatoms. The van der Waals surface area contributed by atoms with Crippen LogP contribution < -0.4 is 0 Å². The fourth-order valence-corrected chi connectivity index (χ4v) is 4.54. The Labute approximate surface area is 165 Å². The van der Waals surface area contributed by atoms with E-state index in [1.165, 1.54) is 22.0 Å². The van der Waals surface area contributed by atoms with E-state index in [2.05, 4.69) is 49.0 Å². The van der Waals surface area contributed by atoms with Gasteiger partial charge in [0.2, 0.25) is 0 Å². The number of aromatic nitrogens is 3. The van der Waals surface area contributed by atoms with Gasteiger partial charge in [0, 0.05) is 74.4 Å². The van der Waals surface area contributed by atoms with E-state index in [1.807, 2.05) is 25.5 Å². The van der Waals surface area contributed by atoms with Gasteiger partial charge in [0.05, 0.1) is 13.2 Å². The molecule has 6 nitrogen and oxygen atoms in total. The van der Waals surface area contributed by atoms with Crippen molar-refractivity contribution in [3.63, 3.8) is 0 Å². The highest BCUT2D eigenvalue weighted by Crippen LogP contribution is 2.24. The average Bonchev–Trinajstić information content (AvgIpc) is 2.98. The van der Waals surface area contributed by atoms with Gasteiger partial charge in [-0.05, 0) is 36.1 Å². The second kappa shape index (κ2) is 7.62. The van der Waals surface area contributed by atoms with Crippen molar-refractivity contribution in [2.24, 2.45) is 5.92 Å². The molecule has 2 aromatic heterocycles. The minimum Gasteiger partial charge on any atom is -0.379 e. The van der Waals surface area contributed by atoms with Crippen LogP contribution in [0.5, 0.6) is 0 Å². The number of hydrogen-bond donors (Lipinski definition) is 1. The highest BCUT2D eigenvalue weighted by atomic mass is 16.5. The van der Waals surface area contributed by atoms with Crippen molar-refractivity contribution in [2.45, 2.75) is 26.1 Å². The number of H-pyrrole nitrogens is 1. The summed E-state index contributed by atoms with van der Waals surface area (Å²) in [6, 6.07) is 9.30. The van der Waals surface area contributed by atoms with Gasteiger partial charge in [0.25, 0.3) is 0 Å². The maximum atomic E-state index is 5.99. The van der Waals surface area contributed by atoms with Crippen molar-refractivity contribution in [1.82, 2.24) is 24.8 Å². The summed E-state index contributed by atoms with van der Waals surface area (Å²) in [7, 11) is 0. The van der Waals surface area contributed by atoms with Crippen molar-refractivity contribution in [3.05, 3.63) is 59.8 Å². The summed E-state index contributed by atoms with van der Waals surface area (Å²) in [6.07, 6.45) is 5.93. The highest BCUT2D eigenvalue weighted by Gasteiger charge is 2.33. The molecule has 0 radical (unpaired) electrons. The summed E-state index contributed by atoms with van der Waals surface area (Å²) >= 11 is 0. The van der Waals surface area contributed by atoms with Crippen molar-refractivity contribution < 1.29 is 4.74 Å². The molecule has 2 aliphatic heterocycles. The molecule has 4 heterocycles. The van der Waals surface area contributed by atoms with E-state index in [4.69, 9.17) is 4.74 Å². The van der Waals surface area contributed by atoms with E-state index in [9.17, 15) is 0 Å². The van der Waals surface area contributed by atoms with Crippen LogP contribution in [0.15, 0.2) is 42.9 Å². The lowest BCUT2D eigenvalue weighted by Gasteiger charge is -2.31. The van der Waals surface area contributed by atoms with Crippen LogP contribution in [0.1, 0.15) is 17.0 Å². The van der Waals surface area contributed by atoms with E-state index < -0.39 is 0 Å². The Balaban J connectivity index is 1.31. The first-order valence-corrected chi connectivity index (χ1v) is 10.1. The van der Waals surface area contributed by atoms with Crippen LogP contribution in [0.4, 0.5) is 0 Å². The minimum atomic E-state index is 0.407. The molecular formula is C22H27N5O. The third kappa shape index (κ3) is 3.81. The molecule has 3 aromatic rings. The molecule has 0 saturated carbocycles. The number of aryl methyl sites for hydroxylation is 1. The molecule has 28 heavy (non-hydrogen) atoms. The van der Waals surface area contributed by atoms with E-state index in [-0.39, 0.29) is 0 Å². The third-order valence-electron chi connectivity index (χ3n) is 5.90. The molecular weight excluding hydrogens is 350 g/mol. The van der Waals surface area contributed by atoms with E-state index >= 15 is 0 Å². The van der Waals surface area contributed by atoms with Crippen molar-refractivity contribution in [2.75, 3.05) is 32.8 Å². The monoisotopic (exact) mass is 377 g/mol. The van der Waals surface area contributed by atoms with Crippen molar-refractivity contribution in [1.29, 1.82) is 0 Å². The van der Waals surface area contributed by atoms with Gasteiger partial charge in [-0.1, -0.05) is 6.07 Å². The Morgan fingerprint density at radius 1 is 1.04 bits per heavy atom. The SMILES string of the molecule is Cc1ncc(CN2C[C@H]3COC[C@@H]2CN(Cc2ccc4[nH]ccc4c2)C3)cn1. The Hall–Kier alpha value is -2.28. The first-order valence-electron chi connectivity index (χ1n) is 10.1. The molecule has 0 amide bonds. The summed E-state index contributed by atoms with van der Waals surface area (Å²) in [4.78, 5) is 17.2. The lowest BCUT2D eigenvalue weighted by atomic mass is 10.1. The van der Waals surface area contributed by atoms with Gasteiger partial charge in [-0.3, -0.25) is 9.80 Å². The Morgan fingerprint density at radius 2 is 1.93 bits per heavy atom. The minimum absolute atomic E-state index is 0.407. The predicted molar refractivity (Wildman–Crippen MR) is 109 cm³/mol. The standard InChI is InChI=1S/C22H27N5O/c1-16-24-7-18(8-25-16)11-27-12-19-10-26(13-21(27)15-28-14-19)9-17-2-3-22-20(6-17)4-5-23-22/h2-8,19,21,23H,9-15H2,1H3/t19-,21-/m0/s1. The van der Waals surface area contributed by atoms with E-state index in [0.29, 0.717) is 12.0 Å². The smallest absolute Gasteiger partial charge is 0.125 e. The zero-order chi connectivity index (χ0) is 18.9. The van der Waals surface area contributed by atoms with Crippen LogP contribution >= 0.6 is 0 Å². The van der Waals surface area contributed by atoms with Crippen molar-refractivity contribution >= 4 is 10.9 Å². The first-order chi connectivity index (χ1) is 13.7. The van der Waals surface area contributed by atoms with E-state index in [0.717, 1.165) is 51.8 Å². The number of benzene rings is 1. The number of ether oxygens (including phenoxy) is 1. The summed E-state index contributed by atoms with van der Waals surface area (Å²) in [5, 5.41) is 1.29. The highest BCUT2D eigenvalue weighted by molar-refractivity contribution is 5.79. The number of aromatic amines is 1. The largest absolute Gasteiger partial charge is 0.379 e. The zero-order valence-corrected chi connectivity index (χ0v) is 16.3. The van der Waals surface area contributed by atoms with Gasteiger partial charge in [-0.2, -0.15) is 0 Å². The molecule has 1 aromatic carbocycles. The van der Waals surface area contributed by atoms with Gasteiger partial charge < -0.3 is 9.72 Å². The van der Waals surface area contributed by atoms with E-state index in [1.54, 1.807) is 0 Å². The summed E-state index contributed by atoms with van der Waals surface area (Å²) in [6.45, 7) is 8.67. The molecule has 2 aliphatic rings. The molecule has 2 atom stereocenters. The maximum Gasteiger partial charge on any atom is 0.125 e. The van der Waals surface area contributed by atoms with Crippen LogP contribution in [-0.2, 0) is 17.8 Å². The molecule has 0 unspecified atom stereocenters. The molecule has 0 aliphatic carbocycles. The van der Waals surface area contributed by atoms with Crippen LogP contribution in [0.25, 0.3) is 10.9 Å². The number of rotatable bonds is 4. The quantitative estimate of drug-likeness (QED) is 0.757. The van der Waals surface area contributed by atoms with Gasteiger partial charge in [-0.15, -0.1) is 0 Å². The number of nitrogens with zero attached hydrogens (tertiary/aromatic N) is 4. The average molecular weight is 377 g/mol. The fourth-order valence-electron chi connectivity index (χ4n) is 4.54. The predicted octanol–water partition coefficient (Wildman–Crippen LogP) is 2.60. The zero-order valence-electron chi connectivity index (χ0n) is 16.3. The van der Waals surface area contributed by atoms with Gasteiger partial charge >= 0.3 is 0 Å². The maximum absolute atomic E-state index is 5.99. The molecule has 5 rings (SSSR count). The molecule has 1 N–H and O–H groups in total.